The topological polar surface area (TPSA) is 42.7 Å². The molecule has 18 heavy (non-hydrogen) atoms. The van der Waals surface area contributed by atoms with Gasteiger partial charge in [0.2, 0.25) is 0 Å². The third-order valence-corrected chi connectivity index (χ3v) is 3.77. The van der Waals surface area contributed by atoms with Crippen molar-refractivity contribution in [3.63, 3.8) is 0 Å². The van der Waals surface area contributed by atoms with Gasteiger partial charge in [-0.05, 0) is 34.6 Å². The molecule has 2 rings (SSSR count). The van der Waals surface area contributed by atoms with Crippen molar-refractivity contribution in [2.24, 2.45) is 0 Å². The second kappa shape index (κ2) is 5.10. The standard InChI is InChI=1S/C13H20N4S/c1-8(2)17-7-12(6-14-17)15-9(3)13-10(4)18-11(5)16-13/h6-9,15H,1-5H3. The highest BCUT2D eigenvalue weighted by molar-refractivity contribution is 7.11. The fraction of sp³-hybridized carbons (Fsp3) is 0.538. The third kappa shape index (κ3) is 2.72. The summed E-state index contributed by atoms with van der Waals surface area (Å²) < 4.78 is 1.95. The van der Waals surface area contributed by atoms with Gasteiger partial charge in [0.15, 0.2) is 0 Å². The van der Waals surface area contributed by atoms with Crippen LogP contribution in [0.2, 0.25) is 0 Å². The molecule has 1 unspecified atom stereocenters. The first kappa shape index (κ1) is 13.1. The highest BCUT2D eigenvalue weighted by Gasteiger charge is 2.13. The zero-order chi connectivity index (χ0) is 13.3. The van der Waals surface area contributed by atoms with E-state index in [-0.39, 0.29) is 6.04 Å². The number of anilines is 1. The van der Waals surface area contributed by atoms with Crippen LogP contribution in [0.5, 0.6) is 0 Å². The molecular formula is C13H20N4S. The van der Waals surface area contributed by atoms with E-state index in [1.54, 1.807) is 11.3 Å². The number of hydrogen-bond acceptors (Lipinski definition) is 4. The van der Waals surface area contributed by atoms with Crippen molar-refractivity contribution in [2.75, 3.05) is 5.32 Å². The van der Waals surface area contributed by atoms with Crippen LogP contribution in [0.15, 0.2) is 12.4 Å². The molecule has 0 amide bonds. The van der Waals surface area contributed by atoms with Crippen LogP contribution < -0.4 is 5.32 Å². The van der Waals surface area contributed by atoms with Crippen molar-refractivity contribution in [3.8, 4) is 0 Å². The smallest absolute Gasteiger partial charge is 0.0901 e. The lowest BCUT2D eigenvalue weighted by atomic mass is 10.2. The molecule has 1 N–H and O–H groups in total. The van der Waals surface area contributed by atoms with Crippen LogP contribution in [-0.4, -0.2) is 14.8 Å². The number of thiazole rings is 1. The SMILES string of the molecule is Cc1nc(C(C)Nc2cnn(C(C)C)c2)c(C)s1. The minimum Gasteiger partial charge on any atom is -0.374 e. The van der Waals surface area contributed by atoms with E-state index in [0.717, 1.165) is 16.4 Å². The molecule has 0 saturated carbocycles. The average molecular weight is 264 g/mol. The Morgan fingerprint density at radius 3 is 2.50 bits per heavy atom. The van der Waals surface area contributed by atoms with E-state index in [1.807, 2.05) is 24.0 Å². The molecule has 0 aliphatic carbocycles. The number of aromatic nitrogens is 3. The van der Waals surface area contributed by atoms with E-state index in [0.29, 0.717) is 6.04 Å². The molecule has 0 aromatic carbocycles. The molecule has 4 nitrogen and oxygen atoms in total. The number of nitrogens with zero attached hydrogens (tertiary/aromatic N) is 3. The van der Waals surface area contributed by atoms with Gasteiger partial charge in [0.25, 0.3) is 0 Å². The Morgan fingerprint density at radius 1 is 1.28 bits per heavy atom. The van der Waals surface area contributed by atoms with Crippen LogP contribution in [0.1, 0.15) is 48.4 Å². The van der Waals surface area contributed by atoms with Crippen molar-refractivity contribution in [1.82, 2.24) is 14.8 Å². The Kier molecular flexibility index (Phi) is 3.71. The number of rotatable bonds is 4. The second-order valence-electron chi connectivity index (χ2n) is 4.84. The molecule has 0 aliphatic rings. The summed E-state index contributed by atoms with van der Waals surface area (Å²) in [6, 6.07) is 0.596. The minimum atomic E-state index is 0.208. The number of hydrogen-bond donors (Lipinski definition) is 1. The first-order chi connectivity index (χ1) is 8.47. The molecule has 0 radical (unpaired) electrons. The van der Waals surface area contributed by atoms with Gasteiger partial charge in [-0.1, -0.05) is 0 Å². The van der Waals surface area contributed by atoms with Crippen molar-refractivity contribution < 1.29 is 0 Å². The zero-order valence-corrected chi connectivity index (χ0v) is 12.4. The van der Waals surface area contributed by atoms with Gasteiger partial charge >= 0.3 is 0 Å². The van der Waals surface area contributed by atoms with Gasteiger partial charge in [0.1, 0.15) is 0 Å². The zero-order valence-electron chi connectivity index (χ0n) is 11.6. The van der Waals surface area contributed by atoms with Gasteiger partial charge in [-0.15, -0.1) is 11.3 Å². The molecule has 98 valence electrons. The quantitative estimate of drug-likeness (QED) is 0.915. The summed E-state index contributed by atoms with van der Waals surface area (Å²) >= 11 is 1.75. The molecule has 0 fully saturated rings. The molecule has 0 saturated heterocycles. The summed E-state index contributed by atoms with van der Waals surface area (Å²) in [5.74, 6) is 0. The molecule has 2 aromatic rings. The molecule has 5 heteroatoms. The summed E-state index contributed by atoms with van der Waals surface area (Å²) in [5, 5.41) is 8.89. The predicted molar refractivity (Wildman–Crippen MR) is 76.2 cm³/mol. The van der Waals surface area contributed by atoms with Crippen LogP contribution >= 0.6 is 11.3 Å². The van der Waals surface area contributed by atoms with Crippen molar-refractivity contribution >= 4 is 17.0 Å². The molecule has 0 aliphatic heterocycles. The van der Waals surface area contributed by atoms with E-state index >= 15 is 0 Å². The highest BCUT2D eigenvalue weighted by atomic mass is 32.1. The Bertz CT molecular complexity index is 527. The molecule has 2 aromatic heterocycles. The lowest BCUT2D eigenvalue weighted by Crippen LogP contribution is -2.08. The summed E-state index contributed by atoms with van der Waals surface area (Å²) in [6.45, 7) is 10.5. The van der Waals surface area contributed by atoms with Gasteiger partial charge < -0.3 is 5.32 Å². The monoisotopic (exact) mass is 264 g/mol. The van der Waals surface area contributed by atoms with Crippen LogP contribution in [-0.2, 0) is 0 Å². The average Bonchev–Trinajstić information content (AvgIpc) is 2.85. The lowest BCUT2D eigenvalue weighted by molar-refractivity contribution is 0.532. The van der Waals surface area contributed by atoms with Gasteiger partial charge in [-0.3, -0.25) is 4.68 Å². The van der Waals surface area contributed by atoms with Crippen LogP contribution in [0.3, 0.4) is 0 Å². The maximum Gasteiger partial charge on any atom is 0.0901 e. The van der Waals surface area contributed by atoms with E-state index < -0.39 is 0 Å². The van der Waals surface area contributed by atoms with E-state index in [4.69, 9.17) is 0 Å². The predicted octanol–water partition coefficient (Wildman–Crippen LogP) is 3.71. The van der Waals surface area contributed by atoms with Crippen molar-refractivity contribution in [1.29, 1.82) is 0 Å². The van der Waals surface area contributed by atoms with E-state index in [9.17, 15) is 0 Å². The maximum absolute atomic E-state index is 4.58. The molecular weight excluding hydrogens is 244 g/mol. The fourth-order valence-corrected chi connectivity index (χ4v) is 2.87. The van der Waals surface area contributed by atoms with E-state index in [1.165, 1.54) is 4.88 Å². The molecule has 0 bridgehead atoms. The van der Waals surface area contributed by atoms with Gasteiger partial charge in [-0.2, -0.15) is 5.10 Å². The van der Waals surface area contributed by atoms with Crippen molar-refractivity contribution in [2.45, 2.75) is 46.7 Å². The normalized spacial score (nSPS) is 13.0. The Labute approximate surface area is 112 Å². The van der Waals surface area contributed by atoms with Crippen molar-refractivity contribution in [3.05, 3.63) is 28.0 Å². The molecule has 1 atom stereocenters. The van der Waals surface area contributed by atoms with Gasteiger partial charge in [0, 0.05) is 17.1 Å². The first-order valence-electron chi connectivity index (χ1n) is 6.22. The molecule has 2 heterocycles. The number of nitrogens with one attached hydrogen (secondary N) is 1. The third-order valence-electron chi connectivity index (χ3n) is 2.86. The molecule has 0 spiro atoms. The van der Waals surface area contributed by atoms with Gasteiger partial charge in [-0.25, -0.2) is 4.98 Å². The van der Waals surface area contributed by atoms with Crippen LogP contribution in [0.4, 0.5) is 5.69 Å². The first-order valence-corrected chi connectivity index (χ1v) is 7.03. The number of aryl methyl sites for hydroxylation is 2. The highest BCUT2D eigenvalue weighted by Crippen LogP contribution is 2.25. The Hall–Kier alpha value is -1.36. The van der Waals surface area contributed by atoms with E-state index in [2.05, 4.69) is 43.1 Å². The summed E-state index contributed by atoms with van der Waals surface area (Å²) in [5.41, 5.74) is 2.18. The lowest BCUT2D eigenvalue weighted by Gasteiger charge is -2.12. The van der Waals surface area contributed by atoms with Crippen LogP contribution in [0, 0.1) is 13.8 Å². The maximum atomic E-state index is 4.58. The Morgan fingerprint density at radius 2 is 2.00 bits per heavy atom. The minimum absolute atomic E-state index is 0.208. The summed E-state index contributed by atoms with van der Waals surface area (Å²) in [6.07, 6.45) is 3.90. The summed E-state index contributed by atoms with van der Waals surface area (Å²) in [7, 11) is 0. The summed E-state index contributed by atoms with van der Waals surface area (Å²) in [4.78, 5) is 5.86. The van der Waals surface area contributed by atoms with Gasteiger partial charge in [0.05, 0.1) is 28.6 Å². The van der Waals surface area contributed by atoms with Crippen LogP contribution in [0.25, 0.3) is 0 Å². The second-order valence-corrected chi connectivity index (χ2v) is 6.25. The largest absolute Gasteiger partial charge is 0.374 e. The fourth-order valence-electron chi connectivity index (χ4n) is 1.96. The Balaban J connectivity index is 2.11.